The van der Waals surface area contributed by atoms with Crippen molar-refractivity contribution in [3.8, 4) is 0 Å². The van der Waals surface area contributed by atoms with Gasteiger partial charge in [0.25, 0.3) is 0 Å². The summed E-state index contributed by atoms with van der Waals surface area (Å²) in [6.45, 7) is 19.8. The molecule has 36 heavy (non-hydrogen) atoms. The highest BCUT2D eigenvalue weighted by Crippen LogP contribution is 2.46. The van der Waals surface area contributed by atoms with Crippen LogP contribution in [0.5, 0.6) is 0 Å². The zero-order valence-corrected chi connectivity index (χ0v) is 24.8. The average Bonchev–Trinajstić information content (AvgIpc) is 2.85. The Morgan fingerprint density at radius 3 is 2.14 bits per heavy atom. The Hall–Kier alpha value is -0.803. The molecule has 0 saturated carbocycles. The van der Waals surface area contributed by atoms with Crippen LogP contribution in [-0.2, 0) is 28.1 Å². The van der Waals surface area contributed by atoms with E-state index in [-0.39, 0.29) is 29.5 Å². The number of benzene rings is 1. The predicted octanol–water partition coefficient (Wildman–Crippen LogP) is 6.85. The van der Waals surface area contributed by atoms with Crippen molar-refractivity contribution in [3.63, 3.8) is 0 Å². The van der Waals surface area contributed by atoms with Crippen LogP contribution in [0, 0.1) is 5.92 Å². The zero-order valence-electron chi connectivity index (χ0n) is 23.8. The Morgan fingerprint density at radius 2 is 1.56 bits per heavy atom. The first-order chi connectivity index (χ1) is 17.1. The minimum Gasteiger partial charge on any atom is -0.390 e. The van der Waals surface area contributed by atoms with Gasteiger partial charge in [0.05, 0.1) is 6.61 Å². The van der Waals surface area contributed by atoms with E-state index in [2.05, 4.69) is 54.6 Å². The van der Waals surface area contributed by atoms with Crippen molar-refractivity contribution in [2.24, 2.45) is 5.92 Å². The lowest BCUT2D eigenvalue weighted by Crippen LogP contribution is -2.65. The van der Waals surface area contributed by atoms with Crippen molar-refractivity contribution in [1.29, 1.82) is 0 Å². The van der Waals surface area contributed by atoms with Gasteiger partial charge in [-0.05, 0) is 36.9 Å². The normalized spacial score (nSPS) is 29.4. The van der Waals surface area contributed by atoms with E-state index in [1.807, 2.05) is 30.3 Å². The van der Waals surface area contributed by atoms with Crippen LogP contribution in [0.4, 0.5) is 0 Å². The molecule has 2 aliphatic rings. The van der Waals surface area contributed by atoms with Gasteiger partial charge in [0.1, 0.15) is 24.4 Å². The van der Waals surface area contributed by atoms with E-state index in [1.165, 1.54) is 0 Å². The van der Waals surface area contributed by atoms with Crippen molar-refractivity contribution in [1.82, 2.24) is 0 Å². The van der Waals surface area contributed by atoms with Gasteiger partial charge in [0, 0.05) is 18.8 Å². The van der Waals surface area contributed by atoms with Crippen LogP contribution in [-0.4, -0.2) is 58.8 Å². The Balaban J connectivity index is 1.89. The fourth-order valence-electron chi connectivity index (χ4n) is 4.65. The number of rotatable bonds is 13. The van der Waals surface area contributed by atoms with Gasteiger partial charge < -0.3 is 28.1 Å². The van der Waals surface area contributed by atoms with Crippen LogP contribution in [0.25, 0.3) is 0 Å². The van der Waals surface area contributed by atoms with E-state index < -0.39 is 20.9 Å². The van der Waals surface area contributed by atoms with E-state index in [0.29, 0.717) is 25.7 Å². The fourth-order valence-corrected chi connectivity index (χ4v) is 7.12. The summed E-state index contributed by atoms with van der Waals surface area (Å²) in [5.74, 6) is 0.486. The summed E-state index contributed by atoms with van der Waals surface area (Å²) in [6.07, 6.45) is 1.90. The molecule has 0 radical (unpaired) electrons. The summed E-state index contributed by atoms with van der Waals surface area (Å²) >= 11 is 0. The van der Waals surface area contributed by atoms with Crippen molar-refractivity contribution in [3.05, 3.63) is 35.9 Å². The number of fused-ring (bicyclic) bond motifs is 1. The van der Waals surface area contributed by atoms with Gasteiger partial charge in [-0.15, -0.1) is 0 Å². The second-order valence-corrected chi connectivity index (χ2v) is 16.1. The molecule has 1 aromatic carbocycles. The molecule has 2 saturated heterocycles. The summed E-state index contributed by atoms with van der Waals surface area (Å²) < 4.78 is 39.3. The molecule has 6 nitrogen and oxygen atoms in total. The number of hydrogen-bond donors (Lipinski definition) is 0. The smallest absolute Gasteiger partial charge is 0.196 e. The third-order valence-electron chi connectivity index (χ3n) is 8.38. The molecule has 7 heteroatoms. The molecule has 0 N–H and O–H groups in total. The summed E-state index contributed by atoms with van der Waals surface area (Å²) in [6, 6.07) is 10.1. The highest BCUT2D eigenvalue weighted by Gasteiger charge is 2.54. The fraction of sp³-hybridized carbons (Fsp3) is 0.793. The first kappa shape index (κ1) is 29.7. The Morgan fingerprint density at radius 1 is 0.944 bits per heavy atom. The maximum Gasteiger partial charge on any atom is 0.196 e. The second kappa shape index (κ2) is 13.3. The van der Waals surface area contributed by atoms with Gasteiger partial charge in [0.2, 0.25) is 0 Å². The molecule has 2 heterocycles. The first-order valence-corrected chi connectivity index (χ1v) is 16.9. The van der Waals surface area contributed by atoms with Gasteiger partial charge >= 0.3 is 0 Å². The highest BCUT2D eigenvalue weighted by atomic mass is 28.4. The topological polar surface area (TPSA) is 55.4 Å². The SMILES string of the molecule is CCCCOC1C(OCCCC)[C@H]2OC(c3ccccc3)OCC2O[C@H]1O[Si](C)(C)C(C)(C)C(C)C. The molecule has 206 valence electrons. The molecule has 6 atom stereocenters. The third-order valence-corrected chi connectivity index (χ3v) is 12.9. The largest absolute Gasteiger partial charge is 0.390 e. The second-order valence-electron chi connectivity index (χ2n) is 11.6. The lowest BCUT2D eigenvalue weighted by Gasteiger charge is -2.52. The molecule has 2 aliphatic heterocycles. The standard InChI is InChI=1S/C29H50O6Si/c1-9-11-18-30-25-24-23(20-32-27(34-24)22-16-14-13-15-17-22)33-28(26(25)31-19-12-10-2)35-36(7,8)29(5,6)21(3)4/h13-17,21,23-28H,9-12,18-20H2,1-8H3/t23?,24-,25?,26?,27?,28-/m0/s1. The van der Waals surface area contributed by atoms with E-state index in [0.717, 1.165) is 31.2 Å². The van der Waals surface area contributed by atoms with Crippen LogP contribution in [0.1, 0.15) is 79.1 Å². The Labute approximate surface area is 220 Å². The molecular formula is C29H50O6Si. The predicted molar refractivity (Wildman–Crippen MR) is 145 cm³/mol. The van der Waals surface area contributed by atoms with Gasteiger partial charge in [-0.25, -0.2) is 0 Å². The molecule has 3 rings (SSSR count). The van der Waals surface area contributed by atoms with Crippen molar-refractivity contribution >= 4 is 8.32 Å². The van der Waals surface area contributed by atoms with Gasteiger partial charge in [-0.1, -0.05) is 84.7 Å². The lowest BCUT2D eigenvalue weighted by molar-refractivity contribution is -0.361. The van der Waals surface area contributed by atoms with Crippen molar-refractivity contribution < 1.29 is 28.1 Å². The Bertz CT molecular complexity index is 770. The number of hydrogen-bond acceptors (Lipinski definition) is 6. The zero-order chi connectivity index (χ0) is 26.3. The van der Waals surface area contributed by atoms with E-state index in [9.17, 15) is 0 Å². The minimum absolute atomic E-state index is 0.0533. The summed E-state index contributed by atoms with van der Waals surface area (Å²) in [5, 5.41) is 0.0533. The van der Waals surface area contributed by atoms with Crippen LogP contribution in [0.2, 0.25) is 18.1 Å². The maximum atomic E-state index is 6.95. The molecule has 0 spiro atoms. The van der Waals surface area contributed by atoms with Crippen molar-refractivity contribution in [2.45, 2.75) is 122 Å². The van der Waals surface area contributed by atoms with Gasteiger partial charge in [-0.3, -0.25) is 0 Å². The van der Waals surface area contributed by atoms with Gasteiger partial charge in [-0.2, -0.15) is 0 Å². The molecule has 0 amide bonds. The van der Waals surface area contributed by atoms with E-state index >= 15 is 0 Å². The molecule has 0 bridgehead atoms. The van der Waals surface area contributed by atoms with Crippen molar-refractivity contribution in [2.75, 3.05) is 19.8 Å². The number of unbranched alkanes of at least 4 members (excludes halogenated alkanes) is 2. The third kappa shape index (κ3) is 6.98. The average molecular weight is 523 g/mol. The lowest BCUT2D eigenvalue weighted by atomic mass is 9.97. The van der Waals surface area contributed by atoms with Crippen LogP contribution in [0.15, 0.2) is 30.3 Å². The number of ether oxygens (including phenoxy) is 5. The van der Waals surface area contributed by atoms with Crippen LogP contribution in [0.3, 0.4) is 0 Å². The summed E-state index contributed by atoms with van der Waals surface area (Å²) in [7, 11) is -2.20. The molecule has 1 aromatic rings. The van der Waals surface area contributed by atoms with Gasteiger partial charge in [0.15, 0.2) is 20.9 Å². The van der Waals surface area contributed by atoms with Crippen LogP contribution < -0.4 is 0 Å². The first-order valence-electron chi connectivity index (χ1n) is 14.0. The maximum absolute atomic E-state index is 6.95. The molecule has 0 aromatic heterocycles. The minimum atomic E-state index is -2.20. The summed E-state index contributed by atoms with van der Waals surface area (Å²) in [5.41, 5.74) is 0.998. The van der Waals surface area contributed by atoms with E-state index in [1.54, 1.807) is 0 Å². The molecule has 4 unspecified atom stereocenters. The molecule has 2 fully saturated rings. The quantitative estimate of drug-likeness (QED) is 0.208. The Kier molecular flexibility index (Phi) is 11.0. The van der Waals surface area contributed by atoms with Crippen LogP contribution >= 0.6 is 0 Å². The molecule has 0 aliphatic carbocycles. The summed E-state index contributed by atoms with van der Waals surface area (Å²) in [4.78, 5) is 0. The van der Waals surface area contributed by atoms with E-state index in [4.69, 9.17) is 28.1 Å². The highest BCUT2D eigenvalue weighted by molar-refractivity contribution is 6.74. The monoisotopic (exact) mass is 522 g/mol. The molecular weight excluding hydrogens is 472 g/mol.